The second kappa shape index (κ2) is 6.95. The molecule has 1 aliphatic rings. The zero-order valence-corrected chi connectivity index (χ0v) is 10.3. The molecule has 1 rings (SSSR count). The van der Waals surface area contributed by atoms with Crippen LogP contribution in [0.1, 0.15) is 19.3 Å². The van der Waals surface area contributed by atoms with E-state index in [0.717, 1.165) is 6.54 Å². The molecule has 0 spiro atoms. The van der Waals surface area contributed by atoms with Crippen molar-refractivity contribution in [3.05, 3.63) is 0 Å². The first-order valence-electron chi connectivity index (χ1n) is 5.85. The van der Waals surface area contributed by atoms with Crippen LogP contribution in [-0.4, -0.2) is 49.2 Å². The molecule has 1 heterocycles. The standard InChI is InChI=1S/C11H18N2O5/c1-18-9(14)3-2-8(11(16)17)13-10(15)7-4-5-12-6-7/h7-8,12H,2-6H2,1H3,(H,13,15)(H,16,17). The van der Waals surface area contributed by atoms with Gasteiger partial charge in [0.2, 0.25) is 5.91 Å². The Hall–Kier alpha value is -1.63. The van der Waals surface area contributed by atoms with Gasteiger partial charge in [-0.3, -0.25) is 9.59 Å². The van der Waals surface area contributed by atoms with E-state index in [1.165, 1.54) is 7.11 Å². The SMILES string of the molecule is COC(=O)CCC(NC(=O)C1CCNC1)C(=O)O. The Labute approximate surface area is 105 Å². The summed E-state index contributed by atoms with van der Waals surface area (Å²) < 4.78 is 4.43. The van der Waals surface area contributed by atoms with Crippen LogP contribution in [0, 0.1) is 5.92 Å². The number of esters is 1. The van der Waals surface area contributed by atoms with Crippen molar-refractivity contribution >= 4 is 17.8 Å². The van der Waals surface area contributed by atoms with E-state index < -0.39 is 18.0 Å². The van der Waals surface area contributed by atoms with Crippen molar-refractivity contribution in [3.8, 4) is 0 Å². The first-order chi connectivity index (χ1) is 8.54. The van der Waals surface area contributed by atoms with Crippen LogP contribution in [0.3, 0.4) is 0 Å². The number of hydrogen-bond donors (Lipinski definition) is 3. The van der Waals surface area contributed by atoms with Crippen LogP contribution in [-0.2, 0) is 19.1 Å². The highest BCUT2D eigenvalue weighted by Crippen LogP contribution is 2.09. The summed E-state index contributed by atoms with van der Waals surface area (Å²) >= 11 is 0. The molecule has 0 radical (unpaired) electrons. The lowest BCUT2D eigenvalue weighted by atomic mass is 10.1. The maximum atomic E-state index is 11.7. The predicted molar refractivity (Wildman–Crippen MR) is 61.8 cm³/mol. The molecule has 0 saturated carbocycles. The molecule has 2 atom stereocenters. The molecule has 2 unspecified atom stereocenters. The van der Waals surface area contributed by atoms with Crippen molar-refractivity contribution in [2.45, 2.75) is 25.3 Å². The van der Waals surface area contributed by atoms with E-state index >= 15 is 0 Å². The van der Waals surface area contributed by atoms with Gasteiger partial charge in [0.05, 0.1) is 13.0 Å². The number of ether oxygens (including phenoxy) is 1. The van der Waals surface area contributed by atoms with Gasteiger partial charge >= 0.3 is 11.9 Å². The van der Waals surface area contributed by atoms with Gasteiger partial charge in [0.25, 0.3) is 0 Å². The quantitative estimate of drug-likeness (QED) is 0.534. The molecule has 1 fully saturated rings. The van der Waals surface area contributed by atoms with Gasteiger partial charge in [0, 0.05) is 13.0 Å². The lowest BCUT2D eigenvalue weighted by Gasteiger charge is -2.16. The van der Waals surface area contributed by atoms with Crippen LogP contribution >= 0.6 is 0 Å². The highest BCUT2D eigenvalue weighted by molar-refractivity contribution is 5.85. The van der Waals surface area contributed by atoms with E-state index in [2.05, 4.69) is 15.4 Å². The molecule has 1 saturated heterocycles. The van der Waals surface area contributed by atoms with Gasteiger partial charge in [-0.15, -0.1) is 0 Å². The Morgan fingerprint density at radius 3 is 2.72 bits per heavy atom. The van der Waals surface area contributed by atoms with Gasteiger partial charge in [-0.25, -0.2) is 4.79 Å². The molecular formula is C11H18N2O5. The molecular weight excluding hydrogens is 240 g/mol. The zero-order chi connectivity index (χ0) is 13.5. The fraction of sp³-hybridized carbons (Fsp3) is 0.727. The lowest BCUT2D eigenvalue weighted by Crippen LogP contribution is -2.44. The normalized spacial score (nSPS) is 20.2. The average molecular weight is 258 g/mol. The van der Waals surface area contributed by atoms with Gasteiger partial charge in [0.15, 0.2) is 0 Å². The Balaban J connectivity index is 2.44. The highest BCUT2D eigenvalue weighted by Gasteiger charge is 2.27. The number of nitrogens with one attached hydrogen (secondary N) is 2. The fourth-order valence-electron chi connectivity index (χ4n) is 1.79. The van der Waals surface area contributed by atoms with Gasteiger partial charge in [-0.2, -0.15) is 0 Å². The smallest absolute Gasteiger partial charge is 0.326 e. The minimum Gasteiger partial charge on any atom is -0.480 e. The largest absolute Gasteiger partial charge is 0.480 e. The van der Waals surface area contributed by atoms with E-state index in [1.54, 1.807) is 0 Å². The van der Waals surface area contributed by atoms with Crippen molar-refractivity contribution < 1.29 is 24.2 Å². The van der Waals surface area contributed by atoms with Crippen molar-refractivity contribution in [2.24, 2.45) is 5.92 Å². The molecule has 102 valence electrons. The molecule has 0 bridgehead atoms. The molecule has 0 aromatic heterocycles. The molecule has 1 amide bonds. The third-order valence-electron chi connectivity index (χ3n) is 2.91. The summed E-state index contributed by atoms with van der Waals surface area (Å²) in [7, 11) is 1.24. The molecule has 3 N–H and O–H groups in total. The van der Waals surface area contributed by atoms with Crippen LogP contribution in [0.5, 0.6) is 0 Å². The molecule has 18 heavy (non-hydrogen) atoms. The van der Waals surface area contributed by atoms with E-state index in [9.17, 15) is 14.4 Å². The van der Waals surface area contributed by atoms with Gasteiger partial charge in [-0.1, -0.05) is 0 Å². The molecule has 0 aromatic carbocycles. The van der Waals surface area contributed by atoms with Gasteiger partial charge < -0.3 is 20.5 Å². The molecule has 0 aromatic rings. The monoisotopic (exact) mass is 258 g/mol. The summed E-state index contributed by atoms with van der Waals surface area (Å²) in [4.78, 5) is 33.7. The Bertz CT molecular complexity index is 325. The third-order valence-corrected chi connectivity index (χ3v) is 2.91. The van der Waals surface area contributed by atoms with Crippen LogP contribution in [0.4, 0.5) is 0 Å². The van der Waals surface area contributed by atoms with Crippen LogP contribution in [0.25, 0.3) is 0 Å². The fourth-order valence-corrected chi connectivity index (χ4v) is 1.79. The van der Waals surface area contributed by atoms with Crippen molar-refractivity contribution in [3.63, 3.8) is 0 Å². The van der Waals surface area contributed by atoms with E-state index in [0.29, 0.717) is 13.0 Å². The molecule has 7 heteroatoms. The summed E-state index contributed by atoms with van der Waals surface area (Å²) in [5, 5.41) is 14.5. The second-order valence-electron chi connectivity index (χ2n) is 4.20. The number of carbonyl (C=O) groups is 3. The first-order valence-corrected chi connectivity index (χ1v) is 5.85. The minimum atomic E-state index is -1.14. The summed E-state index contributed by atoms with van der Waals surface area (Å²) in [6.45, 7) is 1.33. The zero-order valence-electron chi connectivity index (χ0n) is 10.3. The van der Waals surface area contributed by atoms with Crippen molar-refractivity contribution in [1.82, 2.24) is 10.6 Å². The van der Waals surface area contributed by atoms with Crippen molar-refractivity contribution in [2.75, 3.05) is 20.2 Å². The number of carboxylic acids is 1. The third kappa shape index (κ3) is 4.33. The molecule has 0 aliphatic carbocycles. The van der Waals surface area contributed by atoms with Crippen LogP contribution in [0.2, 0.25) is 0 Å². The number of amides is 1. The van der Waals surface area contributed by atoms with E-state index in [-0.39, 0.29) is 24.7 Å². The summed E-state index contributed by atoms with van der Waals surface area (Å²) in [5.41, 5.74) is 0. The Kier molecular flexibility index (Phi) is 5.57. The number of carboxylic acid groups (broad SMARTS) is 1. The number of rotatable bonds is 6. The summed E-state index contributed by atoms with van der Waals surface area (Å²) in [6, 6.07) is -1.04. The molecule has 1 aliphatic heterocycles. The lowest BCUT2D eigenvalue weighted by molar-refractivity contribution is -0.144. The number of carbonyl (C=O) groups excluding carboxylic acids is 2. The predicted octanol–water partition coefficient (Wildman–Crippen LogP) is -0.881. The number of aliphatic carboxylic acids is 1. The van der Waals surface area contributed by atoms with Crippen LogP contribution < -0.4 is 10.6 Å². The highest BCUT2D eigenvalue weighted by atomic mass is 16.5. The minimum absolute atomic E-state index is 0.0311. The summed E-state index contributed by atoms with van der Waals surface area (Å²) in [6.07, 6.45) is 0.708. The van der Waals surface area contributed by atoms with Crippen molar-refractivity contribution in [1.29, 1.82) is 0 Å². The summed E-state index contributed by atoms with van der Waals surface area (Å²) in [5.74, 6) is -2.10. The maximum Gasteiger partial charge on any atom is 0.326 e. The molecule has 7 nitrogen and oxygen atoms in total. The Morgan fingerprint density at radius 2 is 2.22 bits per heavy atom. The average Bonchev–Trinajstić information content (AvgIpc) is 2.87. The van der Waals surface area contributed by atoms with E-state index in [1.807, 2.05) is 0 Å². The first kappa shape index (κ1) is 14.4. The van der Waals surface area contributed by atoms with Crippen LogP contribution in [0.15, 0.2) is 0 Å². The number of hydrogen-bond acceptors (Lipinski definition) is 5. The van der Waals surface area contributed by atoms with Gasteiger partial charge in [0.1, 0.15) is 6.04 Å². The maximum absolute atomic E-state index is 11.7. The number of methoxy groups -OCH3 is 1. The van der Waals surface area contributed by atoms with E-state index in [4.69, 9.17) is 5.11 Å². The topological polar surface area (TPSA) is 105 Å². The second-order valence-corrected chi connectivity index (χ2v) is 4.20. The Morgan fingerprint density at radius 1 is 1.50 bits per heavy atom. The van der Waals surface area contributed by atoms with Gasteiger partial charge in [-0.05, 0) is 19.4 Å².